The van der Waals surface area contributed by atoms with Crippen molar-refractivity contribution in [2.24, 2.45) is 5.10 Å². The Balaban J connectivity index is 2.23. The van der Waals surface area contributed by atoms with Crippen molar-refractivity contribution < 1.29 is 9.53 Å². The van der Waals surface area contributed by atoms with E-state index in [0.717, 1.165) is 4.62 Å². The van der Waals surface area contributed by atoms with E-state index in [0.29, 0.717) is 23.6 Å². The largest absolute Gasteiger partial charge is 0.456 e. The first-order chi connectivity index (χ1) is 8.22. The first-order valence-corrected chi connectivity index (χ1v) is 6.06. The second-order valence-electron chi connectivity index (χ2n) is 3.45. The lowest BCUT2D eigenvalue weighted by molar-refractivity contribution is -0.135. The lowest BCUT2D eigenvalue weighted by atomic mass is 10.1. The number of rotatable bonds is 4. The first-order valence-electron chi connectivity index (χ1n) is 4.89. The fourth-order valence-electron chi connectivity index (χ4n) is 1.62. The normalized spacial score (nSPS) is 20.4. The zero-order valence-electron chi connectivity index (χ0n) is 8.64. The van der Waals surface area contributed by atoms with E-state index in [1.165, 1.54) is 0 Å². The molecule has 2 heterocycles. The number of pyridine rings is 1. The van der Waals surface area contributed by atoms with E-state index in [2.05, 4.69) is 31.4 Å². The molecule has 2 unspecified atom stereocenters. The van der Waals surface area contributed by atoms with E-state index in [1.807, 2.05) is 0 Å². The monoisotopic (exact) mass is 317 g/mol. The molecule has 0 saturated heterocycles. The molecule has 90 valence electrons. The summed E-state index contributed by atoms with van der Waals surface area (Å²) in [4.78, 5) is 14.7. The van der Waals surface area contributed by atoms with Gasteiger partial charge < -0.3 is 10.2 Å². The van der Waals surface area contributed by atoms with Crippen molar-refractivity contribution in [1.29, 1.82) is 0 Å². The van der Waals surface area contributed by atoms with E-state index in [-0.39, 0.29) is 6.04 Å². The van der Waals surface area contributed by atoms with E-state index in [9.17, 15) is 4.79 Å². The van der Waals surface area contributed by atoms with Gasteiger partial charge in [0.05, 0.1) is 11.1 Å². The van der Waals surface area contributed by atoms with Crippen LogP contribution in [0, 0.1) is 0 Å². The van der Waals surface area contributed by atoms with Gasteiger partial charge in [-0.05, 0) is 28.1 Å². The molecule has 0 bridgehead atoms. The van der Waals surface area contributed by atoms with Gasteiger partial charge in [0.25, 0.3) is 6.47 Å². The molecule has 0 amide bonds. The highest BCUT2D eigenvalue weighted by molar-refractivity contribution is 9.18. The fourth-order valence-corrected chi connectivity index (χ4v) is 2.30. The Morgan fingerprint density at radius 1 is 1.71 bits per heavy atom. The Labute approximate surface area is 111 Å². The summed E-state index contributed by atoms with van der Waals surface area (Å²) in [6, 6.07) is 3.26. The Morgan fingerprint density at radius 2 is 2.53 bits per heavy atom. The number of hydrazone groups is 1. The molecule has 1 aliphatic heterocycles. The number of aromatic nitrogens is 1. The van der Waals surface area contributed by atoms with Gasteiger partial charge in [0, 0.05) is 12.6 Å². The molecule has 17 heavy (non-hydrogen) atoms. The van der Waals surface area contributed by atoms with Gasteiger partial charge in [0.15, 0.2) is 6.10 Å². The molecule has 1 N–H and O–H groups in total. The predicted octanol–water partition coefficient (Wildman–Crippen LogP) is 2.02. The number of nitrogens with one attached hydrogen (secondary N) is 1. The Hall–Kier alpha value is -1.14. The molecule has 0 spiro atoms. The number of carbonyl (C=O) groups excluding carboxylic acids is 1. The average molecular weight is 319 g/mol. The fraction of sp³-hybridized carbons (Fsp3) is 0.300. The molecule has 2 atom stereocenters. The SMILES string of the molecule is O=COC(c1ncccc1Cl)C1CC(Br)=NN1. The van der Waals surface area contributed by atoms with Crippen LogP contribution in [0.4, 0.5) is 0 Å². The van der Waals surface area contributed by atoms with Crippen LogP contribution >= 0.6 is 27.5 Å². The van der Waals surface area contributed by atoms with Crippen molar-refractivity contribution in [3.05, 3.63) is 29.0 Å². The van der Waals surface area contributed by atoms with Gasteiger partial charge in [-0.15, -0.1) is 0 Å². The van der Waals surface area contributed by atoms with Crippen molar-refractivity contribution in [2.45, 2.75) is 18.6 Å². The van der Waals surface area contributed by atoms with Crippen LogP contribution in [0.5, 0.6) is 0 Å². The van der Waals surface area contributed by atoms with Crippen molar-refractivity contribution in [3.8, 4) is 0 Å². The second-order valence-corrected chi connectivity index (χ2v) is 4.77. The van der Waals surface area contributed by atoms with Crippen LogP contribution in [-0.2, 0) is 9.53 Å². The maximum Gasteiger partial charge on any atom is 0.293 e. The van der Waals surface area contributed by atoms with Gasteiger partial charge in [0.1, 0.15) is 10.3 Å². The van der Waals surface area contributed by atoms with Crippen LogP contribution in [0.2, 0.25) is 5.02 Å². The molecular weight excluding hydrogens is 309 g/mol. The minimum Gasteiger partial charge on any atom is -0.456 e. The molecule has 0 radical (unpaired) electrons. The summed E-state index contributed by atoms with van der Waals surface area (Å²) in [5.41, 5.74) is 3.40. The standard InChI is InChI=1S/C10H9BrClN3O2/c11-8-4-7(14-15-8)10(17-5-16)9-6(12)2-1-3-13-9/h1-3,5,7,10,14H,4H2. The molecule has 0 aromatic carbocycles. The third kappa shape index (κ3) is 2.76. The Kier molecular flexibility index (Phi) is 3.96. The van der Waals surface area contributed by atoms with Crippen LogP contribution in [0.25, 0.3) is 0 Å². The number of carbonyl (C=O) groups is 1. The van der Waals surface area contributed by atoms with E-state index in [4.69, 9.17) is 16.3 Å². The molecule has 7 heteroatoms. The molecule has 2 rings (SSSR count). The number of hydrogen-bond acceptors (Lipinski definition) is 5. The van der Waals surface area contributed by atoms with Crippen LogP contribution in [0.1, 0.15) is 18.2 Å². The molecule has 1 aromatic rings. The summed E-state index contributed by atoms with van der Waals surface area (Å²) in [5, 5.41) is 4.45. The molecule has 1 aromatic heterocycles. The van der Waals surface area contributed by atoms with E-state index < -0.39 is 6.10 Å². The Bertz CT molecular complexity index is 455. The summed E-state index contributed by atoms with van der Waals surface area (Å²) in [6.07, 6.45) is 1.67. The summed E-state index contributed by atoms with van der Waals surface area (Å²) < 4.78 is 5.83. The van der Waals surface area contributed by atoms with Crippen molar-refractivity contribution >= 4 is 38.6 Å². The maximum absolute atomic E-state index is 10.6. The zero-order valence-corrected chi connectivity index (χ0v) is 11.0. The van der Waals surface area contributed by atoms with E-state index in [1.54, 1.807) is 18.3 Å². The van der Waals surface area contributed by atoms with Gasteiger partial charge in [-0.25, -0.2) is 0 Å². The number of ether oxygens (including phenoxy) is 1. The van der Waals surface area contributed by atoms with Crippen molar-refractivity contribution in [2.75, 3.05) is 0 Å². The summed E-state index contributed by atoms with van der Waals surface area (Å²) in [5.74, 6) is 0. The second kappa shape index (κ2) is 5.46. The van der Waals surface area contributed by atoms with Gasteiger partial charge in [-0.1, -0.05) is 11.6 Å². The van der Waals surface area contributed by atoms with Crippen LogP contribution in [-0.4, -0.2) is 22.1 Å². The molecule has 0 aliphatic carbocycles. The van der Waals surface area contributed by atoms with E-state index >= 15 is 0 Å². The van der Waals surface area contributed by atoms with Gasteiger partial charge in [0.2, 0.25) is 0 Å². The van der Waals surface area contributed by atoms with Gasteiger partial charge in [-0.3, -0.25) is 9.78 Å². The minimum atomic E-state index is -0.556. The highest BCUT2D eigenvalue weighted by Crippen LogP contribution is 2.29. The number of halogens is 2. The van der Waals surface area contributed by atoms with Crippen LogP contribution in [0.3, 0.4) is 0 Å². The molecule has 5 nitrogen and oxygen atoms in total. The summed E-state index contributed by atoms with van der Waals surface area (Å²) in [7, 11) is 0. The molecule has 1 aliphatic rings. The third-order valence-electron chi connectivity index (χ3n) is 2.36. The predicted molar refractivity (Wildman–Crippen MR) is 67.0 cm³/mol. The molecular formula is C10H9BrClN3O2. The lowest BCUT2D eigenvalue weighted by Crippen LogP contribution is -2.30. The number of nitrogens with zero attached hydrogens (tertiary/aromatic N) is 2. The topological polar surface area (TPSA) is 63.6 Å². The average Bonchev–Trinajstić information content (AvgIpc) is 2.74. The molecule has 0 fully saturated rings. The van der Waals surface area contributed by atoms with Crippen LogP contribution in [0.15, 0.2) is 23.4 Å². The van der Waals surface area contributed by atoms with Crippen molar-refractivity contribution in [3.63, 3.8) is 0 Å². The van der Waals surface area contributed by atoms with Gasteiger partial charge >= 0.3 is 0 Å². The molecule has 0 saturated carbocycles. The summed E-state index contributed by atoms with van der Waals surface area (Å²) in [6.45, 7) is 0.392. The highest BCUT2D eigenvalue weighted by atomic mass is 79.9. The Morgan fingerprint density at radius 3 is 3.12 bits per heavy atom. The van der Waals surface area contributed by atoms with Crippen LogP contribution < -0.4 is 5.43 Å². The highest BCUT2D eigenvalue weighted by Gasteiger charge is 2.31. The first kappa shape index (κ1) is 12.3. The van der Waals surface area contributed by atoms with Gasteiger partial charge in [-0.2, -0.15) is 5.10 Å². The zero-order chi connectivity index (χ0) is 12.3. The maximum atomic E-state index is 10.6. The third-order valence-corrected chi connectivity index (χ3v) is 3.18. The quantitative estimate of drug-likeness (QED) is 0.863. The minimum absolute atomic E-state index is 0.165. The van der Waals surface area contributed by atoms with Crippen molar-refractivity contribution in [1.82, 2.24) is 10.4 Å². The summed E-state index contributed by atoms with van der Waals surface area (Å²) >= 11 is 9.31. The lowest BCUT2D eigenvalue weighted by Gasteiger charge is -2.21. The number of hydrogen-bond donors (Lipinski definition) is 1. The smallest absolute Gasteiger partial charge is 0.293 e.